The molecule has 0 atom stereocenters. The highest BCUT2D eigenvalue weighted by Gasteiger charge is 2.13. The van der Waals surface area contributed by atoms with Crippen LogP contribution >= 0.6 is 0 Å². The van der Waals surface area contributed by atoms with Crippen LogP contribution in [-0.2, 0) is 6.54 Å². The Balaban J connectivity index is 1.61. The first kappa shape index (κ1) is 14.1. The van der Waals surface area contributed by atoms with Crippen molar-refractivity contribution in [1.82, 2.24) is 5.32 Å². The highest BCUT2D eigenvalue weighted by molar-refractivity contribution is 5.87. The fourth-order valence-corrected chi connectivity index (χ4v) is 2.81. The van der Waals surface area contributed by atoms with Crippen LogP contribution in [0.2, 0.25) is 0 Å². The van der Waals surface area contributed by atoms with Crippen LogP contribution in [0, 0.1) is 5.92 Å². The van der Waals surface area contributed by atoms with Crippen LogP contribution in [-0.4, -0.2) is 17.6 Å². The summed E-state index contributed by atoms with van der Waals surface area (Å²) in [5, 5.41) is 12.2. The molecule has 0 spiro atoms. The predicted octanol–water partition coefficient (Wildman–Crippen LogP) is 3.44. The van der Waals surface area contributed by atoms with Gasteiger partial charge >= 0.3 is 5.97 Å². The molecule has 0 amide bonds. The fourth-order valence-electron chi connectivity index (χ4n) is 2.81. The van der Waals surface area contributed by atoms with Gasteiger partial charge in [0.15, 0.2) is 0 Å². The molecular weight excluding hydrogens is 238 g/mol. The van der Waals surface area contributed by atoms with Gasteiger partial charge in [-0.1, -0.05) is 37.8 Å². The first-order valence-corrected chi connectivity index (χ1v) is 7.28. The Morgan fingerprint density at radius 1 is 1.21 bits per heavy atom. The van der Waals surface area contributed by atoms with Gasteiger partial charge in [0, 0.05) is 6.54 Å². The lowest BCUT2D eigenvalue weighted by molar-refractivity contribution is 0.0697. The Hall–Kier alpha value is -1.35. The van der Waals surface area contributed by atoms with E-state index in [1.165, 1.54) is 38.5 Å². The predicted molar refractivity (Wildman–Crippen MR) is 76.3 cm³/mol. The van der Waals surface area contributed by atoms with Crippen LogP contribution in [0.4, 0.5) is 0 Å². The Kier molecular flexibility index (Phi) is 5.40. The van der Waals surface area contributed by atoms with E-state index < -0.39 is 5.97 Å². The molecule has 2 rings (SSSR count). The molecule has 0 unspecified atom stereocenters. The van der Waals surface area contributed by atoms with E-state index >= 15 is 0 Å². The second-order valence-electron chi connectivity index (χ2n) is 5.47. The fraction of sp³-hybridized carbons (Fsp3) is 0.562. The van der Waals surface area contributed by atoms with Crippen molar-refractivity contribution < 1.29 is 9.90 Å². The van der Waals surface area contributed by atoms with E-state index in [1.807, 2.05) is 12.1 Å². The van der Waals surface area contributed by atoms with Gasteiger partial charge < -0.3 is 10.4 Å². The van der Waals surface area contributed by atoms with Gasteiger partial charge in [-0.05, 0) is 43.0 Å². The van der Waals surface area contributed by atoms with Crippen LogP contribution in [0.5, 0.6) is 0 Å². The zero-order valence-corrected chi connectivity index (χ0v) is 11.4. The van der Waals surface area contributed by atoms with Gasteiger partial charge in [0.05, 0.1) is 5.56 Å². The number of benzene rings is 1. The SMILES string of the molecule is O=C(O)c1ccc(CNCCCC2CCCC2)cc1. The lowest BCUT2D eigenvalue weighted by Gasteiger charge is -2.09. The number of rotatable bonds is 7. The molecule has 19 heavy (non-hydrogen) atoms. The molecule has 3 heteroatoms. The molecule has 0 saturated heterocycles. The molecule has 3 nitrogen and oxygen atoms in total. The standard InChI is InChI=1S/C16H23NO2/c18-16(19)15-9-7-14(8-10-15)12-17-11-3-6-13-4-1-2-5-13/h7-10,13,17H,1-6,11-12H2,(H,18,19). The van der Waals surface area contributed by atoms with Crippen molar-refractivity contribution in [2.45, 2.75) is 45.1 Å². The highest BCUT2D eigenvalue weighted by Crippen LogP contribution is 2.28. The largest absolute Gasteiger partial charge is 0.478 e. The van der Waals surface area contributed by atoms with Gasteiger partial charge in [0.1, 0.15) is 0 Å². The summed E-state index contributed by atoms with van der Waals surface area (Å²) in [7, 11) is 0. The molecule has 1 aromatic rings. The van der Waals surface area contributed by atoms with Gasteiger partial charge in [0.25, 0.3) is 0 Å². The molecule has 0 heterocycles. The summed E-state index contributed by atoms with van der Waals surface area (Å²) in [5.74, 6) is 0.104. The van der Waals surface area contributed by atoms with Crippen LogP contribution < -0.4 is 5.32 Å². The molecule has 1 aromatic carbocycles. The quantitative estimate of drug-likeness (QED) is 0.739. The highest BCUT2D eigenvalue weighted by atomic mass is 16.4. The summed E-state index contributed by atoms with van der Waals surface area (Å²) in [6.07, 6.45) is 8.30. The zero-order chi connectivity index (χ0) is 13.5. The van der Waals surface area contributed by atoms with Crippen LogP contribution in [0.1, 0.15) is 54.4 Å². The molecular formula is C16H23NO2. The number of hydrogen-bond acceptors (Lipinski definition) is 2. The number of nitrogens with one attached hydrogen (secondary N) is 1. The van der Waals surface area contributed by atoms with Crippen molar-refractivity contribution in [3.63, 3.8) is 0 Å². The summed E-state index contributed by atoms with van der Waals surface area (Å²) in [4.78, 5) is 10.7. The average molecular weight is 261 g/mol. The van der Waals surface area contributed by atoms with Crippen molar-refractivity contribution in [1.29, 1.82) is 0 Å². The summed E-state index contributed by atoms with van der Waals surface area (Å²) in [6.45, 7) is 1.88. The number of carboxylic acid groups (broad SMARTS) is 1. The van der Waals surface area contributed by atoms with Crippen LogP contribution in [0.25, 0.3) is 0 Å². The minimum absolute atomic E-state index is 0.352. The van der Waals surface area contributed by atoms with E-state index in [1.54, 1.807) is 12.1 Å². The second kappa shape index (κ2) is 7.29. The first-order chi connectivity index (χ1) is 9.25. The Morgan fingerprint density at radius 2 is 1.89 bits per heavy atom. The Bertz CT molecular complexity index is 394. The minimum Gasteiger partial charge on any atom is -0.478 e. The third kappa shape index (κ3) is 4.67. The molecule has 104 valence electrons. The average Bonchev–Trinajstić information content (AvgIpc) is 2.92. The van der Waals surface area contributed by atoms with Crippen LogP contribution in [0.3, 0.4) is 0 Å². The molecule has 1 saturated carbocycles. The van der Waals surface area contributed by atoms with E-state index in [-0.39, 0.29) is 0 Å². The molecule has 0 bridgehead atoms. The minimum atomic E-state index is -0.865. The summed E-state index contributed by atoms with van der Waals surface area (Å²) in [5.41, 5.74) is 1.50. The van der Waals surface area contributed by atoms with E-state index in [2.05, 4.69) is 5.32 Å². The van der Waals surface area contributed by atoms with E-state index in [0.717, 1.165) is 24.6 Å². The first-order valence-electron chi connectivity index (χ1n) is 7.28. The number of hydrogen-bond donors (Lipinski definition) is 2. The normalized spacial score (nSPS) is 15.8. The van der Waals surface area contributed by atoms with Crippen molar-refractivity contribution >= 4 is 5.97 Å². The molecule has 0 radical (unpaired) electrons. The Labute approximate surface area is 115 Å². The van der Waals surface area contributed by atoms with Gasteiger partial charge in [-0.3, -0.25) is 0 Å². The molecule has 1 fully saturated rings. The van der Waals surface area contributed by atoms with Crippen molar-refractivity contribution in [3.8, 4) is 0 Å². The molecule has 1 aliphatic rings. The second-order valence-corrected chi connectivity index (χ2v) is 5.47. The maximum absolute atomic E-state index is 10.7. The van der Waals surface area contributed by atoms with Gasteiger partial charge in [0.2, 0.25) is 0 Å². The maximum Gasteiger partial charge on any atom is 0.335 e. The molecule has 0 aromatic heterocycles. The number of aromatic carboxylic acids is 1. The third-order valence-corrected chi connectivity index (χ3v) is 3.97. The number of carbonyl (C=O) groups is 1. The smallest absolute Gasteiger partial charge is 0.335 e. The zero-order valence-electron chi connectivity index (χ0n) is 11.4. The van der Waals surface area contributed by atoms with Gasteiger partial charge in [-0.2, -0.15) is 0 Å². The van der Waals surface area contributed by atoms with Crippen molar-refractivity contribution in [3.05, 3.63) is 35.4 Å². The lowest BCUT2D eigenvalue weighted by atomic mass is 10.0. The summed E-state index contributed by atoms with van der Waals surface area (Å²) in [6, 6.07) is 7.09. The Morgan fingerprint density at radius 3 is 2.53 bits per heavy atom. The number of carboxylic acids is 1. The van der Waals surface area contributed by atoms with Crippen molar-refractivity contribution in [2.75, 3.05) is 6.54 Å². The van der Waals surface area contributed by atoms with Crippen molar-refractivity contribution in [2.24, 2.45) is 5.92 Å². The molecule has 0 aliphatic heterocycles. The lowest BCUT2D eigenvalue weighted by Crippen LogP contribution is -2.15. The van der Waals surface area contributed by atoms with E-state index in [9.17, 15) is 4.79 Å². The van der Waals surface area contributed by atoms with E-state index in [0.29, 0.717) is 5.56 Å². The topological polar surface area (TPSA) is 49.3 Å². The van der Waals surface area contributed by atoms with Crippen LogP contribution in [0.15, 0.2) is 24.3 Å². The molecule has 1 aliphatic carbocycles. The van der Waals surface area contributed by atoms with Gasteiger partial charge in [-0.25, -0.2) is 4.79 Å². The molecule has 2 N–H and O–H groups in total. The maximum atomic E-state index is 10.7. The summed E-state index contributed by atoms with van der Waals surface area (Å²) < 4.78 is 0. The monoisotopic (exact) mass is 261 g/mol. The third-order valence-electron chi connectivity index (χ3n) is 3.97. The van der Waals surface area contributed by atoms with E-state index in [4.69, 9.17) is 5.11 Å². The van der Waals surface area contributed by atoms with Gasteiger partial charge in [-0.15, -0.1) is 0 Å². The summed E-state index contributed by atoms with van der Waals surface area (Å²) >= 11 is 0.